The van der Waals surface area contributed by atoms with Gasteiger partial charge in [-0.2, -0.15) is 5.10 Å². The monoisotopic (exact) mass is 445 g/mol. The summed E-state index contributed by atoms with van der Waals surface area (Å²) in [6.45, 7) is 3.99. The van der Waals surface area contributed by atoms with Crippen LogP contribution < -0.4 is 10.3 Å². The number of aromatic nitrogens is 2. The number of aryl methyl sites for hydroxylation is 1. The van der Waals surface area contributed by atoms with Gasteiger partial charge < -0.3 is 4.74 Å². The third-order valence-electron chi connectivity index (χ3n) is 4.32. The second-order valence-electron chi connectivity index (χ2n) is 6.47. The number of nitrogens with zero attached hydrogens (tertiary/aromatic N) is 3. The average Bonchev–Trinajstić information content (AvgIpc) is 2.70. The van der Waals surface area contributed by atoms with Crippen LogP contribution in [-0.2, 0) is 19.7 Å². The molecule has 8 heteroatoms. The van der Waals surface area contributed by atoms with E-state index >= 15 is 0 Å². The van der Waals surface area contributed by atoms with E-state index in [2.05, 4.69) is 24.2 Å². The number of rotatable bonds is 12. The van der Waals surface area contributed by atoms with Crippen LogP contribution in [-0.4, -0.2) is 39.5 Å². The molecule has 0 saturated carbocycles. The van der Waals surface area contributed by atoms with Crippen molar-refractivity contribution in [3.63, 3.8) is 0 Å². The van der Waals surface area contributed by atoms with Gasteiger partial charge in [-0.3, -0.25) is 9.69 Å². The van der Waals surface area contributed by atoms with Gasteiger partial charge >= 0.3 is 0 Å². The van der Waals surface area contributed by atoms with Gasteiger partial charge in [0.05, 0.1) is 12.9 Å². The quantitative estimate of drug-likeness (QED) is 0.449. The fourth-order valence-electron chi connectivity index (χ4n) is 2.68. The zero-order valence-electron chi connectivity index (χ0n) is 16.0. The van der Waals surface area contributed by atoms with E-state index in [9.17, 15) is 4.79 Å². The van der Waals surface area contributed by atoms with Crippen molar-refractivity contribution in [1.29, 1.82) is 0 Å². The van der Waals surface area contributed by atoms with E-state index in [-0.39, 0.29) is 17.4 Å². The highest BCUT2D eigenvalue weighted by Crippen LogP contribution is 2.20. The molecule has 0 aliphatic heterocycles. The van der Waals surface area contributed by atoms with Gasteiger partial charge in [0, 0.05) is 24.8 Å². The van der Waals surface area contributed by atoms with Gasteiger partial charge in [0.1, 0.15) is 6.61 Å². The summed E-state index contributed by atoms with van der Waals surface area (Å²) in [5, 5.41) is 4.19. The number of halogens is 3. The lowest BCUT2D eigenvalue weighted by Crippen LogP contribution is -2.36. The number of hydrogen-bond acceptors (Lipinski definition) is 4. The largest absolute Gasteiger partial charge is 0.485 e. The van der Waals surface area contributed by atoms with Crippen molar-refractivity contribution in [2.75, 3.05) is 24.8 Å². The summed E-state index contributed by atoms with van der Waals surface area (Å²) in [7, 11) is 0. The van der Waals surface area contributed by atoms with Gasteiger partial charge in [0.15, 0.2) is 10.8 Å². The first-order valence-corrected chi connectivity index (χ1v) is 10.8. The van der Waals surface area contributed by atoms with E-state index in [1.54, 1.807) is 0 Å². The summed E-state index contributed by atoms with van der Waals surface area (Å²) >= 11 is 17.8. The number of alkyl halides is 2. The van der Waals surface area contributed by atoms with Crippen molar-refractivity contribution in [3.8, 4) is 5.75 Å². The van der Waals surface area contributed by atoms with Crippen molar-refractivity contribution in [1.82, 2.24) is 14.7 Å². The number of benzene rings is 1. The Kier molecular flexibility index (Phi) is 10.1. The molecule has 0 atom stereocenters. The Bertz CT molecular complexity index is 775. The second-order valence-corrected chi connectivity index (χ2v) is 7.61. The van der Waals surface area contributed by atoms with E-state index in [0.29, 0.717) is 31.5 Å². The number of hydrogen-bond donors (Lipinski definition) is 0. The molecule has 2 aromatic rings. The molecule has 0 saturated heterocycles. The Morgan fingerprint density at radius 3 is 2.36 bits per heavy atom. The molecule has 0 aliphatic carbocycles. The minimum absolute atomic E-state index is 0.0197. The Labute approximate surface area is 181 Å². The third kappa shape index (κ3) is 6.96. The first kappa shape index (κ1) is 23.0. The molecule has 1 aromatic carbocycles. The predicted molar refractivity (Wildman–Crippen MR) is 116 cm³/mol. The first-order chi connectivity index (χ1) is 13.6. The van der Waals surface area contributed by atoms with Crippen LogP contribution in [0.4, 0.5) is 0 Å². The van der Waals surface area contributed by atoms with E-state index in [1.807, 2.05) is 17.0 Å². The van der Waals surface area contributed by atoms with Crippen molar-refractivity contribution < 1.29 is 4.74 Å². The molecule has 28 heavy (non-hydrogen) atoms. The lowest BCUT2D eigenvalue weighted by atomic mass is 10.1. The standard InChI is InChI=1S/C20H26Cl3N3O2/c1-2-3-4-16-5-7-17(8-6-16)14-28-18-13-24-26(20(27)19(18)23)15-25(11-9-21)12-10-22/h5-8,13H,2-4,9-12,14-15H2,1H3. The normalized spacial score (nSPS) is 11.2. The fourth-order valence-corrected chi connectivity index (χ4v) is 3.36. The SMILES string of the molecule is CCCCc1ccc(COc2cnn(CN(CCCl)CCCl)c(=O)c2Cl)cc1. The van der Waals surface area contributed by atoms with Crippen LogP contribution in [0.25, 0.3) is 0 Å². The van der Waals surface area contributed by atoms with Crippen LogP contribution >= 0.6 is 34.8 Å². The summed E-state index contributed by atoms with van der Waals surface area (Å²) in [5.41, 5.74) is 1.92. The summed E-state index contributed by atoms with van der Waals surface area (Å²) in [6, 6.07) is 8.27. The second kappa shape index (κ2) is 12.3. The van der Waals surface area contributed by atoms with Crippen LogP contribution in [0.1, 0.15) is 30.9 Å². The first-order valence-electron chi connectivity index (χ1n) is 9.39. The van der Waals surface area contributed by atoms with Crippen molar-refractivity contribution in [2.24, 2.45) is 0 Å². The van der Waals surface area contributed by atoms with Crippen LogP contribution in [0.15, 0.2) is 35.3 Å². The van der Waals surface area contributed by atoms with Gasteiger partial charge in [-0.1, -0.05) is 49.2 Å². The highest BCUT2D eigenvalue weighted by Gasteiger charge is 2.13. The Morgan fingerprint density at radius 1 is 1.11 bits per heavy atom. The summed E-state index contributed by atoms with van der Waals surface area (Å²) in [4.78, 5) is 14.4. The van der Waals surface area contributed by atoms with Gasteiger partial charge in [-0.25, -0.2) is 4.68 Å². The minimum atomic E-state index is -0.400. The zero-order valence-corrected chi connectivity index (χ0v) is 18.3. The molecular formula is C20H26Cl3N3O2. The minimum Gasteiger partial charge on any atom is -0.485 e. The van der Waals surface area contributed by atoms with Gasteiger partial charge in [-0.15, -0.1) is 23.2 Å². The topological polar surface area (TPSA) is 47.4 Å². The molecule has 0 bridgehead atoms. The molecule has 0 N–H and O–H groups in total. The molecule has 5 nitrogen and oxygen atoms in total. The Hall–Kier alpha value is -1.27. The summed E-state index contributed by atoms with van der Waals surface area (Å²) in [6.07, 6.45) is 4.91. The third-order valence-corrected chi connectivity index (χ3v) is 5.01. The Morgan fingerprint density at radius 2 is 1.75 bits per heavy atom. The van der Waals surface area contributed by atoms with Crippen LogP contribution in [0.3, 0.4) is 0 Å². The van der Waals surface area contributed by atoms with Gasteiger partial charge in [-0.05, 0) is 24.0 Å². The molecule has 1 heterocycles. The molecule has 1 aromatic heterocycles. The highest BCUT2D eigenvalue weighted by molar-refractivity contribution is 6.31. The zero-order chi connectivity index (χ0) is 20.4. The lowest BCUT2D eigenvalue weighted by molar-refractivity contribution is 0.224. The highest BCUT2D eigenvalue weighted by atomic mass is 35.5. The molecule has 0 aliphatic rings. The number of ether oxygens (including phenoxy) is 1. The molecule has 0 fully saturated rings. The average molecular weight is 447 g/mol. The molecule has 0 radical (unpaired) electrons. The van der Waals surface area contributed by atoms with Crippen molar-refractivity contribution >= 4 is 34.8 Å². The predicted octanol–water partition coefficient (Wildman–Crippen LogP) is 4.56. The van der Waals surface area contributed by atoms with Crippen molar-refractivity contribution in [2.45, 2.75) is 39.5 Å². The molecule has 0 unspecified atom stereocenters. The van der Waals surface area contributed by atoms with Crippen LogP contribution in [0.5, 0.6) is 5.75 Å². The molecular weight excluding hydrogens is 421 g/mol. The molecule has 0 spiro atoms. The Balaban J connectivity index is 2.01. The van der Waals surface area contributed by atoms with E-state index < -0.39 is 5.56 Å². The van der Waals surface area contributed by atoms with E-state index in [0.717, 1.165) is 12.0 Å². The van der Waals surface area contributed by atoms with Crippen LogP contribution in [0.2, 0.25) is 5.02 Å². The fraction of sp³-hybridized carbons (Fsp3) is 0.500. The molecule has 2 rings (SSSR count). The molecule has 0 amide bonds. The van der Waals surface area contributed by atoms with Gasteiger partial charge in [0.25, 0.3) is 5.56 Å². The maximum atomic E-state index is 12.5. The summed E-state index contributed by atoms with van der Waals surface area (Å²) in [5.74, 6) is 1.16. The smallest absolute Gasteiger partial charge is 0.290 e. The molecule has 154 valence electrons. The van der Waals surface area contributed by atoms with E-state index in [4.69, 9.17) is 39.5 Å². The number of unbranched alkanes of at least 4 members (excludes halogenated alkanes) is 1. The van der Waals surface area contributed by atoms with Gasteiger partial charge in [0.2, 0.25) is 0 Å². The van der Waals surface area contributed by atoms with E-state index in [1.165, 1.54) is 29.3 Å². The van der Waals surface area contributed by atoms with Crippen molar-refractivity contribution in [3.05, 3.63) is 57.0 Å². The maximum Gasteiger partial charge on any atom is 0.290 e. The maximum absolute atomic E-state index is 12.5. The summed E-state index contributed by atoms with van der Waals surface area (Å²) < 4.78 is 7.00. The lowest BCUT2D eigenvalue weighted by Gasteiger charge is -2.20. The van der Waals surface area contributed by atoms with Crippen LogP contribution in [0, 0.1) is 0 Å².